The third-order valence-electron chi connectivity index (χ3n) is 2.98. The summed E-state index contributed by atoms with van der Waals surface area (Å²) in [5.74, 6) is -0.510. The van der Waals surface area contributed by atoms with Gasteiger partial charge in [-0.15, -0.1) is 0 Å². The lowest BCUT2D eigenvalue weighted by molar-refractivity contribution is -0.137. The molecule has 0 bridgehead atoms. The predicted molar refractivity (Wildman–Crippen MR) is 80.6 cm³/mol. The van der Waals surface area contributed by atoms with Crippen LogP contribution in [0.3, 0.4) is 0 Å². The fraction of sp³-hybridized carbons (Fsp3) is 0.0714. The highest BCUT2D eigenvalue weighted by atomic mass is 35.5. The summed E-state index contributed by atoms with van der Waals surface area (Å²) < 4.78 is 1.56. The Bertz CT molecular complexity index is 831. The van der Waals surface area contributed by atoms with Crippen molar-refractivity contribution in [3.05, 3.63) is 46.6 Å². The minimum Gasteiger partial charge on any atom is -0.480 e. The third-order valence-corrected chi connectivity index (χ3v) is 3.70. The van der Waals surface area contributed by atoms with Crippen molar-refractivity contribution in [2.24, 2.45) is 0 Å². The van der Waals surface area contributed by atoms with Crippen LogP contribution < -0.4 is 0 Å². The molecule has 3 rings (SSSR count). The van der Waals surface area contributed by atoms with Gasteiger partial charge in [0.25, 0.3) is 0 Å². The fourth-order valence-electron chi connectivity index (χ4n) is 2.11. The molecule has 106 valence electrons. The average Bonchev–Trinajstić information content (AvgIpc) is 2.78. The van der Waals surface area contributed by atoms with E-state index < -0.39 is 5.97 Å². The van der Waals surface area contributed by atoms with Gasteiger partial charge in [-0.1, -0.05) is 29.3 Å². The second-order valence-electron chi connectivity index (χ2n) is 4.39. The van der Waals surface area contributed by atoms with Crippen molar-refractivity contribution >= 4 is 40.2 Å². The number of aromatic nitrogens is 3. The van der Waals surface area contributed by atoms with Gasteiger partial charge in [-0.25, -0.2) is 4.98 Å². The number of carbonyl (C=O) groups is 1. The Morgan fingerprint density at radius 1 is 1.24 bits per heavy atom. The van der Waals surface area contributed by atoms with E-state index in [1.165, 1.54) is 0 Å². The predicted octanol–water partition coefficient (Wildman–Crippen LogP) is 3.49. The zero-order valence-electron chi connectivity index (χ0n) is 10.6. The number of pyridine rings is 1. The molecule has 21 heavy (non-hydrogen) atoms. The van der Waals surface area contributed by atoms with Crippen LogP contribution in [-0.4, -0.2) is 25.6 Å². The van der Waals surface area contributed by atoms with Gasteiger partial charge in [0.2, 0.25) is 0 Å². The van der Waals surface area contributed by atoms with Crippen LogP contribution in [0, 0.1) is 0 Å². The van der Waals surface area contributed by atoms with Crippen LogP contribution in [0.15, 0.2) is 36.5 Å². The van der Waals surface area contributed by atoms with E-state index in [0.29, 0.717) is 32.6 Å². The molecule has 0 fully saturated rings. The number of rotatable bonds is 3. The van der Waals surface area contributed by atoms with Gasteiger partial charge < -0.3 is 9.67 Å². The molecule has 1 aromatic carbocycles. The van der Waals surface area contributed by atoms with Crippen molar-refractivity contribution in [3.8, 4) is 11.5 Å². The van der Waals surface area contributed by atoms with Gasteiger partial charge in [0, 0.05) is 6.20 Å². The Morgan fingerprint density at radius 2 is 2.00 bits per heavy atom. The highest BCUT2D eigenvalue weighted by molar-refractivity contribution is 6.42. The summed E-state index contributed by atoms with van der Waals surface area (Å²) in [6.07, 6.45) is 1.62. The number of hydrogen-bond donors (Lipinski definition) is 1. The second kappa shape index (κ2) is 5.35. The van der Waals surface area contributed by atoms with E-state index in [4.69, 9.17) is 28.3 Å². The van der Waals surface area contributed by atoms with Crippen molar-refractivity contribution in [1.29, 1.82) is 0 Å². The molecule has 0 spiro atoms. The van der Waals surface area contributed by atoms with Crippen LogP contribution in [0.25, 0.3) is 22.6 Å². The molecule has 0 unspecified atom stereocenters. The van der Waals surface area contributed by atoms with E-state index in [-0.39, 0.29) is 6.54 Å². The fourth-order valence-corrected chi connectivity index (χ4v) is 2.42. The molecule has 2 heterocycles. The van der Waals surface area contributed by atoms with Gasteiger partial charge in [-0.3, -0.25) is 9.78 Å². The molecule has 0 saturated heterocycles. The number of hydrogen-bond acceptors (Lipinski definition) is 3. The van der Waals surface area contributed by atoms with E-state index in [1.807, 2.05) is 6.07 Å². The number of carboxylic acid groups (broad SMARTS) is 1. The Morgan fingerprint density at radius 3 is 2.67 bits per heavy atom. The standard InChI is InChI=1S/C14H9Cl2N3O2/c15-8-5-11-12(6-9(8)16)19(7-13(20)21)14(18-11)10-3-1-2-4-17-10/h1-6H,7H2,(H,20,21). The van der Waals surface area contributed by atoms with Crippen molar-refractivity contribution in [3.63, 3.8) is 0 Å². The molecule has 7 heteroatoms. The number of benzene rings is 1. The maximum absolute atomic E-state index is 11.1. The quantitative estimate of drug-likeness (QED) is 0.801. The number of halogens is 2. The molecule has 0 amide bonds. The first kappa shape index (κ1) is 13.9. The van der Waals surface area contributed by atoms with Gasteiger partial charge in [-0.2, -0.15) is 0 Å². The topological polar surface area (TPSA) is 68.0 Å². The number of imidazole rings is 1. The highest BCUT2D eigenvalue weighted by Gasteiger charge is 2.17. The maximum Gasteiger partial charge on any atom is 0.323 e. The zero-order chi connectivity index (χ0) is 15.0. The molecule has 0 atom stereocenters. The minimum atomic E-state index is -0.974. The Hall–Kier alpha value is -2.11. The summed E-state index contributed by atoms with van der Waals surface area (Å²) in [7, 11) is 0. The van der Waals surface area contributed by atoms with Crippen molar-refractivity contribution in [2.45, 2.75) is 6.54 Å². The summed E-state index contributed by atoms with van der Waals surface area (Å²) in [6.45, 7) is -0.236. The molecule has 3 aromatic rings. The van der Waals surface area contributed by atoms with Gasteiger partial charge in [0.15, 0.2) is 5.82 Å². The first-order valence-corrected chi connectivity index (χ1v) is 6.80. The normalized spacial score (nSPS) is 11.0. The number of carboxylic acids is 1. The van der Waals surface area contributed by atoms with E-state index in [0.717, 1.165) is 0 Å². The van der Waals surface area contributed by atoms with Gasteiger partial charge in [0.1, 0.15) is 12.2 Å². The van der Waals surface area contributed by atoms with Crippen LogP contribution in [-0.2, 0) is 11.3 Å². The van der Waals surface area contributed by atoms with Crippen LogP contribution in [0.1, 0.15) is 0 Å². The van der Waals surface area contributed by atoms with Crippen LogP contribution >= 0.6 is 23.2 Å². The first-order valence-electron chi connectivity index (χ1n) is 6.05. The van der Waals surface area contributed by atoms with Crippen molar-refractivity contribution in [2.75, 3.05) is 0 Å². The molecule has 0 aliphatic rings. The van der Waals surface area contributed by atoms with Crippen molar-refractivity contribution in [1.82, 2.24) is 14.5 Å². The number of aliphatic carboxylic acids is 1. The van der Waals surface area contributed by atoms with E-state index in [1.54, 1.807) is 35.0 Å². The van der Waals surface area contributed by atoms with Crippen LogP contribution in [0.5, 0.6) is 0 Å². The van der Waals surface area contributed by atoms with Crippen LogP contribution in [0.2, 0.25) is 10.0 Å². The molecule has 0 aliphatic heterocycles. The van der Waals surface area contributed by atoms with E-state index in [9.17, 15) is 4.79 Å². The Kier molecular flexibility index (Phi) is 3.53. The first-order chi connectivity index (χ1) is 10.1. The molecule has 1 N–H and O–H groups in total. The Labute approximate surface area is 129 Å². The lowest BCUT2D eigenvalue weighted by atomic mass is 10.3. The summed E-state index contributed by atoms with van der Waals surface area (Å²) in [5.41, 5.74) is 1.76. The van der Waals surface area contributed by atoms with Crippen LogP contribution in [0.4, 0.5) is 0 Å². The minimum absolute atomic E-state index is 0.236. The van der Waals surface area contributed by atoms with Gasteiger partial charge in [0.05, 0.1) is 21.1 Å². The monoisotopic (exact) mass is 321 g/mol. The van der Waals surface area contributed by atoms with E-state index in [2.05, 4.69) is 9.97 Å². The molecule has 0 aliphatic carbocycles. The molecule has 5 nitrogen and oxygen atoms in total. The number of fused-ring (bicyclic) bond motifs is 1. The highest BCUT2D eigenvalue weighted by Crippen LogP contribution is 2.30. The largest absolute Gasteiger partial charge is 0.480 e. The summed E-state index contributed by atoms with van der Waals surface area (Å²) >= 11 is 12.0. The zero-order valence-corrected chi connectivity index (χ0v) is 12.1. The van der Waals surface area contributed by atoms with Gasteiger partial charge in [-0.05, 0) is 24.3 Å². The Balaban J connectivity index is 2.30. The molecule has 0 radical (unpaired) electrons. The third kappa shape index (κ3) is 2.57. The molecular weight excluding hydrogens is 313 g/mol. The SMILES string of the molecule is O=C(O)Cn1c(-c2ccccn2)nc2cc(Cl)c(Cl)cc21. The summed E-state index contributed by atoms with van der Waals surface area (Å²) in [6, 6.07) is 8.59. The lowest BCUT2D eigenvalue weighted by Crippen LogP contribution is -2.10. The van der Waals surface area contributed by atoms with E-state index >= 15 is 0 Å². The molecular formula is C14H9Cl2N3O2. The summed E-state index contributed by atoms with van der Waals surface area (Å²) in [5, 5.41) is 9.83. The summed E-state index contributed by atoms with van der Waals surface area (Å²) in [4.78, 5) is 19.8. The maximum atomic E-state index is 11.1. The van der Waals surface area contributed by atoms with Crippen molar-refractivity contribution < 1.29 is 9.90 Å². The van der Waals surface area contributed by atoms with Gasteiger partial charge >= 0.3 is 5.97 Å². The molecule has 2 aromatic heterocycles. The number of nitrogens with zero attached hydrogens (tertiary/aromatic N) is 3. The average molecular weight is 322 g/mol. The lowest BCUT2D eigenvalue weighted by Gasteiger charge is -2.06. The smallest absolute Gasteiger partial charge is 0.323 e. The molecule has 0 saturated carbocycles. The second-order valence-corrected chi connectivity index (χ2v) is 5.20.